The minimum absolute atomic E-state index is 0.0293. The van der Waals surface area contributed by atoms with Crippen molar-refractivity contribution in [1.29, 1.82) is 0 Å². The number of para-hydroxylation sites is 1. The Labute approximate surface area is 130 Å². The van der Waals surface area contributed by atoms with Crippen LogP contribution < -0.4 is 16.0 Å². The van der Waals surface area contributed by atoms with Crippen molar-refractivity contribution in [3.05, 3.63) is 30.3 Å². The van der Waals surface area contributed by atoms with Gasteiger partial charge in [-0.05, 0) is 25.5 Å². The second kappa shape index (κ2) is 6.46. The predicted octanol–water partition coefficient (Wildman–Crippen LogP) is 0.381. The molecule has 0 saturated carbocycles. The highest BCUT2D eigenvalue weighted by Gasteiger charge is 2.38. The second-order valence-electron chi connectivity index (χ2n) is 6.05. The molecule has 6 nitrogen and oxygen atoms in total. The third-order valence-electron chi connectivity index (χ3n) is 4.28. The summed E-state index contributed by atoms with van der Waals surface area (Å²) in [5, 5.41) is 9.20. The summed E-state index contributed by atoms with van der Waals surface area (Å²) in [7, 11) is 0. The molecule has 2 fully saturated rings. The molecule has 2 saturated heterocycles. The number of carbonyl (C=O) groups excluding carboxylic acids is 2. The van der Waals surface area contributed by atoms with Crippen molar-refractivity contribution in [2.45, 2.75) is 25.6 Å². The summed E-state index contributed by atoms with van der Waals surface area (Å²) >= 11 is 0. The molecule has 3 unspecified atom stereocenters. The van der Waals surface area contributed by atoms with Crippen LogP contribution in [0.25, 0.3) is 0 Å². The highest BCUT2D eigenvalue weighted by Crippen LogP contribution is 2.20. The van der Waals surface area contributed by atoms with Crippen LogP contribution >= 0.6 is 0 Å². The summed E-state index contributed by atoms with van der Waals surface area (Å²) in [6.07, 6.45) is 0.919. The van der Waals surface area contributed by atoms with Gasteiger partial charge in [0.15, 0.2) is 0 Å². The lowest BCUT2D eigenvalue weighted by atomic mass is 9.89. The lowest BCUT2D eigenvalue weighted by molar-refractivity contribution is -0.132. The molecule has 1 aromatic carbocycles. The number of likely N-dealkylation sites (tertiary alicyclic amines) is 1. The van der Waals surface area contributed by atoms with E-state index in [1.54, 1.807) is 0 Å². The molecule has 1 aromatic rings. The van der Waals surface area contributed by atoms with Gasteiger partial charge in [0.1, 0.15) is 0 Å². The van der Waals surface area contributed by atoms with E-state index in [1.165, 1.54) is 0 Å². The van der Waals surface area contributed by atoms with Crippen LogP contribution in [-0.2, 0) is 9.59 Å². The Morgan fingerprint density at radius 3 is 2.91 bits per heavy atom. The van der Waals surface area contributed by atoms with E-state index in [0.29, 0.717) is 13.1 Å². The van der Waals surface area contributed by atoms with Gasteiger partial charge in [-0.2, -0.15) is 0 Å². The fourth-order valence-corrected chi connectivity index (χ4v) is 3.24. The molecule has 2 amide bonds. The Morgan fingerprint density at radius 1 is 1.36 bits per heavy atom. The van der Waals surface area contributed by atoms with Crippen LogP contribution in [0.1, 0.15) is 13.3 Å². The Hall–Kier alpha value is -1.92. The molecule has 2 heterocycles. The number of piperidine rings is 1. The molecule has 0 spiro atoms. The summed E-state index contributed by atoms with van der Waals surface area (Å²) in [5.41, 5.74) is 0.799. The molecule has 6 heteroatoms. The van der Waals surface area contributed by atoms with Gasteiger partial charge < -0.3 is 10.6 Å². The van der Waals surface area contributed by atoms with Crippen LogP contribution in [0.5, 0.6) is 0 Å². The van der Waals surface area contributed by atoms with Gasteiger partial charge in [0.25, 0.3) is 0 Å². The predicted molar refractivity (Wildman–Crippen MR) is 84.1 cm³/mol. The van der Waals surface area contributed by atoms with Crippen molar-refractivity contribution >= 4 is 17.5 Å². The summed E-state index contributed by atoms with van der Waals surface area (Å²) in [4.78, 5) is 26.2. The van der Waals surface area contributed by atoms with Crippen LogP contribution in [0, 0.1) is 5.92 Å². The number of benzene rings is 1. The Balaban J connectivity index is 1.54. The van der Waals surface area contributed by atoms with Crippen molar-refractivity contribution < 1.29 is 9.59 Å². The van der Waals surface area contributed by atoms with Crippen molar-refractivity contribution in [2.24, 2.45) is 5.92 Å². The SMILES string of the molecule is CC1NC(=O)C2CN(CC(=O)Nc3ccccc3)CCC2N1. The van der Waals surface area contributed by atoms with E-state index < -0.39 is 0 Å². The molecular formula is C16H22N4O2. The first kappa shape index (κ1) is 15.0. The maximum absolute atomic E-state index is 12.1. The van der Waals surface area contributed by atoms with Gasteiger partial charge in [-0.25, -0.2) is 0 Å². The highest BCUT2D eigenvalue weighted by atomic mass is 16.2. The van der Waals surface area contributed by atoms with Gasteiger partial charge in [0.2, 0.25) is 11.8 Å². The average molecular weight is 302 g/mol. The number of carbonyl (C=O) groups is 2. The van der Waals surface area contributed by atoms with E-state index in [0.717, 1.165) is 18.7 Å². The standard InChI is InChI=1S/C16H22N4O2/c1-11-17-14-7-8-20(9-13(14)16(22)18-11)10-15(21)19-12-5-3-2-4-6-12/h2-6,11,13-14,17H,7-10H2,1H3,(H,18,22)(H,19,21). The molecule has 0 aliphatic carbocycles. The van der Waals surface area contributed by atoms with E-state index >= 15 is 0 Å². The third kappa shape index (κ3) is 3.45. The summed E-state index contributed by atoms with van der Waals surface area (Å²) in [6.45, 7) is 3.73. The monoisotopic (exact) mass is 302 g/mol. The largest absolute Gasteiger partial charge is 0.341 e. The van der Waals surface area contributed by atoms with Gasteiger partial charge in [0, 0.05) is 24.8 Å². The topological polar surface area (TPSA) is 73.5 Å². The van der Waals surface area contributed by atoms with E-state index in [9.17, 15) is 9.59 Å². The van der Waals surface area contributed by atoms with E-state index in [2.05, 4.69) is 20.9 Å². The number of fused-ring (bicyclic) bond motifs is 1. The smallest absolute Gasteiger partial charge is 0.238 e. The third-order valence-corrected chi connectivity index (χ3v) is 4.28. The van der Waals surface area contributed by atoms with E-state index in [1.807, 2.05) is 37.3 Å². The molecular weight excluding hydrogens is 280 g/mol. The van der Waals surface area contributed by atoms with Crippen LogP contribution in [0.15, 0.2) is 30.3 Å². The zero-order valence-corrected chi connectivity index (χ0v) is 12.7. The van der Waals surface area contributed by atoms with Gasteiger partial charge in [-0.3, -0.25) is 19.8 Å². The minimum atomic E-state index is -0.0746. The maximum Gasteiger partial charge on any atom is 0.238 e. The molecule has 118 valence electrons. The van der Waals surface area contributed by atoms with Crippen molar-refractivity contribution in [3.63, 3.8) is 0 Å². The summed E-state index contributed by atoms with van der Waals surface area (Å²) in [5.74, 6) is -0.0268. The zero-order chi connectivity index (χ0) is 15.5. The van der Waals surface area contributed by atoms with E-state index in [-0.39, 0.29) is 29.9 Å². The van der Waals surface area contributed by atoms with Crippen molar-refractivity contribution in [1.82, 2.24) is 15.5 Å². The second-order valence-corrected chi connectivity index (χ2v) is 6.05. The first-order valence-electron chi connectivity index (χ1n) is 7.75. The number of rotatable bonds is 3. The molecule has 0 radical (unpaired) electrons. The maximum atomic E-state index is 12.1. The lowest BCUT2D eigenvalue weighted by Crippen LogP contribution is -2.65. The summed E-state index contributed by atoms with van der Waals surface area (Å²) < 4.78 is 0. The van der Waals surface area contributed by atoms with Crippen molar-refractivity contribution in [3.8, 4) is 0 Å². The first-order valence-corrected chi connectivity index (χ1v) is 7.75. The van der Waals surface area contributed by atoms with Crippen LogP contribution in [0.4, 0.5) is 5.69 Å². The van der Waals surface area contributed by atoms with Crippen LogP contribution in [0.3, 0.4) is 0 Å². The molecule has 3 rings (SSSR count). The van der Waals surface area contributed by atoms with Gasteiger partial charge in [0.05, 0.1) is 18.6 Å². The van der Waals surface area contributed by atoms with Gasteiger partial charge in [-0.15, -0.1) is 0 Å². The molecule has 2 aliphatic heterocycles. The van der Waals surface area contributed by atoms with Gasteiger partial charge >= 0.3 is 0 Å². The normalized spacial score (nSPS) is 28.6. The fourth-order valence-electron chi connectivity index (χ4n) is 3.24. The quantitative estimate of drug-likeness (QED) is 0.755. The molecule has 3 atom stereocenters. The minimum Gasteiger partial charge on any atom is -0.341 e. The number of hydrogen-bond acceptors (Lipinski definition) is 4. The van der Waals surface area contributed by atoms with Crippen molar-refractivity contribution in [2.75, 3.05) is 25.0 Å². The van der Waals surface area contributed by atoms with E-state index in [4.69, 9.17) is 0 Å². The molecule has 0 bridgehead atoms. The zero-order valence-electron chi connectivity index (χ0n) is 12.7. The van der Waals surface area contributed by atoms with Crippen LogP contribution in [-0.4, -0.2) is 48.6 Å². The highest BCUT2D eigenvalue weighted by molar-refractivity contribution is 5.92. The molecule has 2 aliphatic rings. The lowest BCUT2D eigenvalue weighted by Gasteiger charge is -2.42. The van der Waals surface area contributed by atoms with Gasteiger partial charge in [-0.1, -0.05) is 18.2 Å². The average Bonchev–Trinajstić information content (AvgIpc) is 2.49. The molecule has 3 N–H and O–H groups in total. The number of hydrogen-bond donors (Lipinski definition) is 3. The number of nitrogens with one attached hydrogen (secondary N) is 3. The number of nitrogens with zero attached hydrogens (tertiary/aromatic N) is 1. The number of amides is 2. The fraction of sp³-hybridized carbons (Fsp3) is 0.500. The van der Waals surface area contributed by atoms with Crippen LogP contribution in [0.2, 0.25) is 0 Å². The molecule has 22 heavy (non-hydrogen) atoms. The first-order chi connectivity index (χ1) is 10.6. The Morgan fingerprint density at radius 2 is 2.14 bits per heavy atom. The Bertz CT molecular complexity index is 548. The summed E-state index contributed by atoms with van der Waals surface area (Å²) in [6, 6.07) is 9.64. The Kier molecular flexibility index (Phi) is 4.40. The molecule has 0 aromatic heterocycles. The number of anilines is 1.